The van der Waals surface area contributed by atoms with Gasteiger partial charge in [-0.2, -0.15) is 0 Å². The van der Waals surface area contributed by atoms with E-state index in [1.54, 1.807) is 0 Å². The van der Waals surface area contributed by atoms with Gasteiger partial charge in [-0.05, 0) is 11.8 Å². The van der Waals surface area contributed by atoms with Crippen molar-refractivity contribution in [3.8, 4) is 0 Å². The van der Waals surface area contributed by atoms with Crippen molar-refractivity contribution in [1.29, 1.82) is 0 Å². The Balaban J connectivity index is -0.000000120. The summed E-state index contributed by atoms with van der Waals surface area (Å²) in [5.41, 5.74) is 0. The van der Waals surface area contributed by atoms with Crippen LogP contribution in [0.5, 0.6) is 0 Å². The van der Waals surface area contributed by atoms with E-state index in [9.17, 15) is 0 Å². The highest BCUT2D eigenvalue weighted by molar-refractivity contribution is 4.59. The zero-order valence-electron chi connectivity index (χ0n) is 20.3. The van der Waals surface area contributed by atoms with Crippen molar-refractivity contribution < 1.29 is 0 Å². The van der Waals surface area contributed by atoms with Gasteiger partial charge in [-0.1, -0.05) is 153 Å². The lowest BCUT2D eigenvalue weighted by Crippen LogP contribution is -1.99. The lowest BCUT2D eigenvalue weighted by molar-refractivity contribution is 0.385. The minimum absolute atomic E-state index is 0.903. The molecule has 1 fully saturated rings. The molecular weight excluding hydrogens is 300 g/mol. The van der Waals surface area contributed by atoms with Gasteiger partial charge in [0.05, 0.1) is 0 Å². The van der Waals surface area contributed by atoms with Crippen LogP contribution >= 0.6 is 0 Å². The Kier molecular flexibility index (Phi) is 45.9. The van der Waals surface area contributed by atoms with Gasteiger partial charge in [0, 0.05) is 0 Å². The van der Waals surface area contributed by atoms with Gasteiger partial charge in [0.15, 0.2) is 0 Å². The molecule has 1 saturated carbocycles. The van der Waals surface area contributed by atoms with Gasteiger partial charge >= 0.3 is 0 Å². The SMILES string of the molecule is CC.CC.CC1CCCCC1.CCCCC(C)C.CCCCCCC. The molecule has 0 aromatic rings. The van der Waals surface area contributed by atoms with E-state index in [-0.39, 0.29) is 0 Å². The number of hydrogen-bond acceptors (Lipinski definition) is 0. The smallest absolute Gasteiger partial charge is 0.0443 e. The van der Waals surface area contributed by atoms with Crippen LogP contribution in [-0.2, 0) is 0 Å². The van der Waals surface area contributed by atoms with E-state index >= 15 is 0 Å². The molecule has 1 aliphatic carbocycles. The van der Waals surface area contributed by atoms with Gasteiger partial charge in [0.1, 0.15) is 0 Å². The topological polar surface area (TPSA) is 0 Å². The Bertz CT molecular complexity index is 149. The van der Waals surface area contributed by atoms with Crippen molar-refractivity contribution in [1.82, 2.24) is 0 Å². The molecule has 158 valence electrons. The molecule has 1 aliphatic rings. The summed E-state index contributed by atoms with van der Waals surface area (Å²) in [5.74, 6) is 1.94. The number of unbranched alkanes of at least 4 members (excludes halogenated alkanes) is 5. The molecule has 0 nitrogen and oxygen atoms in total. The van der Waals surface area contributed by atoms with Crippen molar-refractivity contribution in [2.24, 2.45) is 11.8 Å². The molecule has 0 aromatic carbocycles. The van der Waals surface area contributed by atoms with Gasteiger partial charge in [-0.15, -0.1) is 0 Å². The third-order valence-corrected chi connectivity index (χ3v) is 4.24. The molecule has 0 atom stereocenters. The normalized spacial score (nSPS) is 13.1. The van der Waals surface area contributed by atoms with Crippen LogP contribution in [0.15, 0.2) is 0 Å². The Hall–Kier alpha value is 0. The quantitative estimate of drug-likeness (QED) is 0.397. The number of hydrogen-bond donors (Lipinski definition) is 0. The third-order valence-electron chi connectivity index (χ3n) is 4.24. The van der Waals surface area contributed by atoms with Crippen LogP contribution in [0.3, 0.4) is 0 Å². The molecule has 0 heteroatoms. The lowest BCUT2D eigenvalue weighted by Gasteiger charge is -2.15. The summed E-state index contributed by atoms with van der Waals surface area (Å²) < 4.78 is 0. The third kappa shape index (κ3) is 45.4. The number of rotatable bonds is 7. The maximum Gasteiger partial charge on any atom is -0.0443 e. The van der Waals surface area contributed by atoms with E-state index < -0.39 is 0 Å². The van der Waals surface area contributed by atoms with E-state index in [0.717, 1.165) is 11.8 Å². The molecular formula is C25H58. The molecule has 0 saturated heterocycles. The summed E-state index contributed by atoms with van der Waals surface area (Å²) >= 11 is 0. The first-order valence-corrected chi connectivity index (χ1v) is 12.1. The van der Waals surface area contributed by atoms with E-state index in [0.29, 0.717) is 0 Å². The van der Waals surface area contributed by atoms with E-state index in [2.05, 4.69) is 41.5 Å². The minimum atomic E-state index is 0.903. The lowest BCUT2D eigenvalue weighted by atomic mass is 9.91. The Morgan fingerprint density at radius 2 is 1.04 bits per heavy atom. The first-order valence-electron chi connectivity index (χ1n) is 12.1. The van der Waals surface area contributed by atoms with Crippen LogP contribution in [0.1, 0.15) is 153 Å². The van der Waals surface area contributed by atoms with E-state index in [1.165, 1.54) is 83.5 Å². The molecule has 25 heavy (non-hydrogen) atoms. The summed E-state index contributed by atoms with van der Waals surface area (Å²) in [4.78, 5) is 0. The minimum Gasteiger partial charge on any atom is -0.0683 e. The second-order valence-corrected chi connectivity index (χ2v) is 7.34. The van der Waals surface area contributed by atoms with Gasteiger partial charge < -0.3 is 0 Å². The van der Waals surface area contributed by atoms with Crippen LogP contribution < -0.4 is 0 Å². The summed E-state index contributed by atoms with van der Waals surface area (Å²) in [6.45, 7) is 21.6. The predicted octanol–water partition coefficient (Wildman–Crippen LogP) is 10.4. The van der Waals surface area contributed by atoms with Crippen molar-refractivity contribution in [2.75, 3.05) is 0 Å². The summed E-state index contributed by atoms with van der Waals surface area (Å²) in [6, 6.07) is 0. The zero-order valence-corrected chi connectivity index (χ0v) is 20.3. The first-order chi connectivity index (χ1) is 12.1. The maximum atomic E-state index is 2.36. The van der Waals surface area contributed by atoms with Gasteiger partial charge in [-0.25, -0.2) is 0 Å². The van der Waals surface area contributed by atoms with Crippen LogP contribution in [0.25, 0.3) is 0 Å². The van der Waals surface area contributed by atoms with Crippen LogP contribution in [0.2, 0.25) is 0 Å². The standard InChI is InChI=1S/C7H14.2C7H16.2C2H6/c1-7-5-3-2-4-6-7;1-4-5-6-7(2)3;1-3-5-7-6-4-2;2*1-2/h7H,2-6H2,1H3;7H,4-6H2,1-3H3;3-7H2,1-2H3;2*1-2H3. The average Bonchev–Trinajstić information content (AvgIpc) is 2.65. The molecule has 0 aromatic heterocycles. The van der Waals surface area contributed by atoms with E-state index in [4.69, 9.17) is 0 Å². The van der Waals surface area contributed by atoms with E-state index in [1.807, 2.05) is 27.7 Å². The zero-order chi connectivity index (χ0) is 20.3. The molecule has 0 N–H and O–H groups in total. The fourth-order valence-corrected chi connectivity index (χ4v) is 2.60. The highest BCUT2D eigenvalue weighted by Gasteiger charge is 2.05. The van der Waals surface area contributed by atoms with Crippen molar-refractivity contribution in [2.45, 2.75) is 153 Å². The Morgan fingerprint density at radius 1 is 0.640 bits per heavy atom. The first kappa shape index (κ1) is 32.7. The van der Waals surface area contributed by atoms with Crippen LogP contribution in [-0.4, -0.2) is 0 Å². The van der Waals surface area contributed by atoms with Crippen molar-refractivity contribution in [3.05, 3.63) is 0 Å². The van der Waals surface area contributed by atoms with Crippen molar-refractivity contribution >= 4 is 0 Å². The van der Waals surface area contributed by atoms with Crippen LogP contribution in [0, 0.1) is 11.8 Å². The van der Waals surface area contributed by atoms with Crippen LogP contribution in [0.4, 0.5) is 0 Å². The highest BCUT2D eigenvalue weighted by Crippen LogP contribution is 2.22. The van der Waals surface area contributed by atoms with Gasteiger partial charge in [0.2, 0.25) is 0 Å². The molecule has 0 unspecified atom stereocenters. The second-order valence-electron chi connectivity index (χ2n) is 7.34. The monoisotopic (exact) mass is 358 g/mol. The fourth-order valence-electron chi connectivity index (χ4n) is 2.60. The maximum absolute atomic E-state index is 2.36. The largest absolute Gasteiger partial charge is 0.0683 e. The average molecular weight is 359 g/mol. The molecule has 0 bridgehead atoms. The Morgan fingerprint density at radius 3 is 1.24 bits per heavy atom. The molecule has 0 amide bonds. The van der Waals surface area contributed by atoms with Gasteiger partial charge in [-0.3, -0.25) is 0 Å². The summed E-state index contributed by atoms with van der Waals surface area (Å²) in [6.07, 6.45) is 18.6. The molecule has 0 aliphatic heterocycles. The highest BCUT2D eigenvalue weighted by atomic mass is 14.1. The molecule has 1 rings (SSSR count). The molecule has 0 spiro atoms. The summed E-state index contributed by atoms with van der Waals surface area (Å²) in [5, 5.41) is 0. The molecule has 0 radical (unpaired) electrons. The Labute approximate surface area is 165 Å². The predicted molar refractivity (Wildman–Crippen MR) is 124 cm³/mol. The van der Waals surface area contributed by atoms with Crippen molar-refractivity contribution in [3.63, 3.8) is 0 Å². The molecule has 0 heterocycles. The second kappa shape index (κ2) is 35.2. The fraction of sp³-hybridized carbons (Fsp3) is 1.00. The van der Waals surface area contributed by atoms with Gasteiger partial charge in [0.25, 0.3) is 0 Å². The summed E-state index contributed by atoms with van der Waals surface area (Å²) in [7, 11) is 0.